The maximum absolute atomic E-state index is 12.3. The van der Waals surface area contributed by atoms with Gasteiger partial charge in [0.25, 0.3) is 0 Å². The highest BCUT2D eigenvalue weighted by atomic mass is 16.4. The van der Waals surface area contributed by atoms with Crippen molar-refractivity contribution in [2.75, 3.05) is 32.1 Å². The van der Waals surface area contributed by atoms with Crippen molar-refractivity contribution < 1.29 is 14.7 Å². The van der Waals surface area contributed by atoms with Gasteiger partial charge >= 0.3 is 5.97 Å². The number of carbonyl (C=O) groups excluding carboxylic acids is 1. The summed E-state index contributed by atoms with van der Waals surface area (Å²) in [5, 5.41) is 22.6. The molecule has 0 aromatic heterocycles. The normalized spacial score (nSPS) is 13.7. The molecule has 0 saturated carbocycles. The molecular weight excluding hydrogens is 464 g/mol. The number of hydrogen-bond acceptors (Lipinski definition) is 5. The minimum Gasteiger partial charge on any atom is -0.478 e. The zero-order valence-corrected chi connectivity index (χ0v) is 21.3. The number of rotatable bonds is 8. The number of carboxylic acid groups (broad SMARTS) is 1. The summed E-state index contributed by atoms with van der Waals surface area (Å²) in [7, 11) is 3.59. The molecule has 7 nitrogen and oxygen atoms in total. The molecule has 1 aliphatic heterocycles. The highest BCUT2D eigenvalue weighted by Crippen LogP contribution is 2.28. The van der Waals surface area contributed by atoms with Crippen LogP contribution in [0.25, 0.3) is 11.1 Å². The summed E-state index contributed by atoms with van der Waals surface area (Å²) in [6.45, 7) is 2.72. The zero-order valence-electron chi connectivity index (χ0n) is 21.3. The van der Waals surface area contributed by atoms with Crippen LogP contribution in [0.5, 0.6) is 0 Å². The lowest BCUT2D eigenvalue weighted by Crippen LogP contribution is -2.40. The Morgan fingerprint density at radius 3 is 2.49 bits per heavy atom. The van der Waals surface area contributed by atoms with Gasteiger partial charge in [0, 0.05) is 46.2 Å². The van der Waals surface area contributed by atoms with Gasteiger partial charge in [-0.15, -0.1) is 0 Å². The summed E-state index contributed by atoms with van der Waals surface area (Å²) >= 11 is 0. The van der Waals surface area contributed by atoms with E-state index in [0.29, 0.717) is 18.7 Å². The molecule has 0 radical (unpaired) electrons. The highest BCUT2D eigenvalue weighted by molar-refractivity contribution is 5.89. The molecule has 1 fully saturated rings. The largest absolute Gasteiger partial charge is 0.478 e. The fourth-order valence-electron chi connectivity index (χ4n) is 4.91. The number of nitrogens with zero attached hydrogens (tertiary/aromatic N) is 3. The Morgan fingerprint density at radius 2 is 1.78 bits per heavy atom. The van der Waals surface area contributed by atoms with Crippen LogP contribution in [0.2, 0.25) is 0 Å². The predicted octanol–water partition coefficient (Wildman–Crippen LogP) is 4.52. The molecule has 1 amide bonds. The molecule has 0 aliphatic carbocycles. The molecule has 37 heavy (non-hydrogen) atoms. The van der Waals surface area contributed by atoms with E-state index in [1.807, 2.05) is 48.5 Å². The molecule has 0 bridgehead atoms. The Kier molecular flexibility index (Phi) is 8.22. The van der Waals surface area contributed by atoms with Gasteiger partial charge in [-0.2, -0.15) is 5.26 Å². The van der Waals surface area contributed by atoms with Crippen molar-refractivity contribution >= 4 is 17.6 Å². The number of aromatic carboxylic acids is 1. The first kappa shape index (κ1) is 25.9. The standard InChI is InChI=1S/C30H32N4O3/c1-33(2)29(35)22-12-14-34(15-13-22)28-11-10-21(16-26(28)18-31)19-32-20-25-6-3-4-9-27(25)23-7-5-8-24(17-23)30(36)37/h3-11,16-17,22,32H,12-15,19-20H2,1-2H3,(H,36,37). The molecule has 3 aromatic carbocycles. The number of carbonyl (C=O) groups is 2. The first-order valence-corrected chi connectivity index (χ1v) is 12.5. The second kappa shape index (κ2) is 11.7. The van der Waals surface area contributed by atoms with Crippen LogP contribution in [0, 0.1) is 17.2 Å². The lowest BCUT2D eigenvalue weighted by Gasteiger charge is -2.34. The fraction of sp³-hybridized carbons (Fsp3) is 0.300. The average molecular weight is 497 g/mol. The second-order valence-electron chi connectivity index (χ2n) is 9.60. The molecule has 0 spiro atoms. The number of benzene rings is 3. The maximum atomic E-state index is 12.3. The number of anilines is 1. The van der Waals surface area contributed by atoms with E-state index in [1.54, 1.807) is 37.2 Å². The second-order valence-corrected chi connectivity index (χ2v) is 9.60. The lowest BCUT2D eigenvalue weighted by molar-refractivity contribution is -0.133. The number of nitrogens with one attached hydrogen (secondary N) is 1. The quantitative estimate of drug-likeness (QED) is 0.476. The smallest absolute Gasteiger partial charge is 0.335 e. The van der Waals surface area contributed by atoms with E-state index in [2.05, 4.69) is 16.3 Å². The molecule has 1 heterocycles. The molecule has 1 aliphatic rings. The topological polar surface area (TPSA) is 96.7 Å². The Labute approximate surface area is 217 Å². The van der Waals surface area contributed by atoms with Crippen LogP contribution in [0.1, 0.15) is 39.9 Å². The van der Waals surface area contributed by atoms with E-state index in [0.717, 1.165) is 53.9 Å². The van der Waals surface area contributed by atoms with Crippen molar-refractivity contribution in [1.82, 2.24) is 10.2 Å². The Morgan fingerprint density at radius 1 is 1.03 bits per heavy atom. The first-order chi connectivity index (χ1) is 17.9. The highest BCUT2D eigenvalue weighted by Gasteiger charge is 2.27. The van der Waals surface area contributed by atoms with Crippen molar-refractivity contribution in [2.45, 2.75) is 25.9 Å². The Bertz CT molecular complexity index is 1320. The third kappa shape index (κ3) is 6.16. The van der Waals surface area contributed by atoms with Gasteiger partial charge in [0.15, 0.2) is 0 Å². The molecule has 7 heteroatoms. The summed E-state index contributed by atoms with van der Waals surface area (Å²) < 4.78 is 0. The molecule has 0 unspecified atom stereocenters. The van der Waals surface area contributed by atoms with Crippen LogP contribution >= 0.6 is 0 Å². The van der Waals surface area contributed by atoms with Gasteiger partial charge in [-0.05, 0) is 59.4 Å². The van der Waals surface area contributed by atoms with Crippen LogP contribution in [0.4, 0.5) is 5.69 Å². The van der Waals surface area contributed by atoms with E-state index >= 15 is 0 Å². The third-order valence-corrected chi connectivity index (χ3v) is 6.89. The minimum atomic E-state index is -0.944. The van der Waals surface area contributed by atoms with E-state index in [9.17, 15) is 20.0 Å². The SMILES string of the molecule is CN(C)C(=O)C1CCN(c2ccc(CNCc3ccccc3-c3cccc(C(=O)O)c3)cc2C#N)CC1. The molecule has 4 rings (SSSR count). The van der Waals surface area contributed by atoms with E-state index in [-0.39, 0.29) is 17.4 Å². The summed E-state index contributed by atoms with van der Waals surface area (Å²) in [6, 6.07) is 23.2. The van der Waals surface area contributed by atoms with Gasteiger partial charge in [0.1, 0.15) is 6.07 Å². The van der Waals surface area contributed by atoms with Gasteiger partial charge in [-0.25, -0.2) is 4.79 Å². The van der Waals surface area contributed by atoms with Crippen LogP contribution in [-0.4, -0.2) is 49.1 Å². The van der Waals surface area contributed by atoms with E-state index in [4.69, 9.17) is 0 Å². The predicted molar refractivity (Wildman–Crippen MR) is 144 cm³/mol. The lowest BCUT2D eigenvalue weighted by atomic mass is 9.94. The van der Waals surface area contributed by atoms with Gasteiger partial charge in [-0.3, -0.25) is 4.79 Å². The number of hydrogen-bond donors (Lipinski definition) is 2. The molecule has 1 saturated heterocycles. The summed E-state index contributed by atoms with van der Waals surface area (Å²) in [6.07, 6.45) is 1.58. The number of nitriles is 1. The average Bonchev–Trinajstić information content (AvgIpc) is 2.93. The Balaban J connectivity index is 1.40. The van der Waals surface area contributed by atoms with Crippen LogP contribution in [0.15, 0.2) is 66.7 Å². The van der Waals surface area contributed by atoms with Crippen molar-refractivity contribution in [3.63, 3.8) is 0 Å². The maximum Gasteiger partial charge on any atom is 0.335 e. The van der Waals surface area contributed by atoms with Crippen molar-refractivity contribution in [3.05, 3.63) is 89.0 Å². The monoisotopic (exact) mass is 496 g/mol. The zero-order chi connectivity index (χ0) is 26.4. The van der Waals surface area contributed by atoms with Gasteiger partial charge in [-0.1, -0.05) is 42.5 Å². The van der Waals surface area contributed by atoms with E-state index < -0.39 is 5.97 Å². The fourth-order valence-corrected chi connectivity index (χ4v) is 4.91. The number of piperidine rings is 1. The third-order valence-electron chi connectivity index (χ3n) is 6.89. The molecular formula is C30H32N4O3. The van der Waals surface area contributed by atoms with Crippen LogP contribution < -0.4 is 10.2 Å². The summed E-state index contributed by atoms with van der Waals surface area (Å²) in [5.41, 5.74) is 5.76. The van der Waals surface area contributed by atoms with Crippen molar-refractivity contribution in [3.8, 4) is 17.2 Å². The Hall–Kier alpha value is -4.15. The summed E-state index contributed by atoms with van der Waals surface area (Å²) in [4.78, 5) is 27.5. The number of carboxylic acids is 1. The number of amides is 1. The first-order valence-electron chi connectivity index (χ1n) is 12.5. The van der Waals surface area contributed by atoms with Crippen molar-refractivity contribution in [1.29, 1.82) is 5.26 Å². The minimum absolute atomic E-state index is 0.0507. The molecule has 0 atom stereocenters. The van der Waals surface area contributed by atoms with Gasteiger partial charge < -0.3 is 20.2 Å². The summed E-state index contributed by atoms with van der Waals surface area (Å²) in [5.74, 6) is -0.715. The van der Waals surface area contributed by atoms with Crippen molar-refractivity contribution in [2.24, 2.45) is 5.92 Å². The van der Waals surface area contributed by atoms with E-state index in [1.165, 1.54) is 0 Å². The van der Waals surface area contributed by atoms with Crippen LogP contribution in [-0.2, 0) is 17.9 Å². The molecule has 190 valence electrons. The van der Waals surface area contributed by atoms with Crippen LogP contribution in [0.3, 0.4) is 0 Å². The van der Waals surface area contributed by atoms with Gasteiger partial charge in [0.2, 0.25) is 5.91 Å². The van der Waals surface area contributed by atoms with Gasteiger partial charge in [0.05, 0.1) is 16.8 Å². The molecule has 3 aromatic rings. The molecule has 2 N–H and O–H groups in total.